The number of fused-ring (bicyclic) bond motifs is 1. The predicted octanol–water partition coefficient (Wildman–Crippen LogP) is 1.83. The zero-order valence-corrected chi connectivity index (χ0v) is 14.2. The molecule has 1 saturated heterocycles. The van der Waals surface area contributed by atoms with Gasteiger partial charge in [0.15, 0.2) is 0 Å². The Bertz CT molecular complexity index is 931. The molecule has 1 amide bonds. The number of nitrogens with zero attached hydrogens (tertiary/aromatic N) is 3. The molecule has 0 bridgehead atoms. The van der Waals surface area contributed by atoms with Crippen LogP contribution in [0.25, 0.3) is 11.0 Å². The highest BCUT2D eigenvalue weighted by Gasteiger charge is 2.41. The van der Waals surface area contributed by atoms with Gasteiger partial charge in [0.2, 0.25) is 5.91 Å². The number of likely N-dealkylation sites (tertiary alicyclic amines) is 1. The second kappa shape index (κ2) is 5.70. The number of amides is 1. The molecule has 3 heterocycles. The van der Waals surface area contributed by atoms with E-state index in [9.17, 15) is 9.90 Å². The molecule has 1 fully saturated rings. The summed E-state index contributed by atoms with van der Waals surface area (Å²) in [4.78, 5) is 14.4. The minimum Gasteiger partial charge on any atom is -0.464 e. The third-order valence-electron chi connectivity index (χ3n) is 5.18. The van der Waals surface area contributed by atoms with Crippen LogP contribution >= 0.6 is 0 Å². The first-order valence-corrected chi connectivity index (χ1v) is 8.30. The van der Waals surface area contributed by atoms with E-state index in [1.807, 2.05) is 26.0 Å². The molecular formula is C18H20N4O3. The summed E-state index contributed by atoms with van der Waals surface area (Å²) in [6, 6.07) is 4.04. The molecule has 1 atom stereocenters. The van der Waals surface area contributed by atoms with Crippen LogP contribution in [0.2, 0.25) is 0 Å². The van der Waals surface area contributed by atoms with Crippen LogP contribution in [0.15, 0.2) is 29.0 Å². The quantitative estimate of drug-likeness (QED) is 0.758. The van der Waals surface area contributed by atoms with E-state index < -0.39 is 5.60 Å². The number of aromatic nitrogens is 3. The van der Waals surface area contributed by atoms with Crippen molar-refractivity contribution in [2.75, 3.05) is 13.1 Å². The summed E-state index contributed by atoms with van der Waals surface area (Å²) < 4.78 is 5.68. The van der Waals surface area contributed by atoms with Gasteiger partial charge >= 0.3 is 0 Å². The maximum Gasteiger partial charge on any atom is 0.227 e. The number of aryl methyl sites for hydroxylation is 2. The van der Waals surface area contributed by atoms with Crippen molar-refractivity contribution in [1.82, 2.24) is 20.3 Å². The van der Waals surface area contributed by atoms with Crippen LogP contribution < -0.4 is 0 Å². The fourth-order valence-corrected chi connectivity index (χ4v) is 3.44. The third kappa shape index (κ3) is 2.60. The number of nitrogens with one attached hydrogen (secondary N) is 1. The van der Waals surface area contributed by atoms with Gasteiger partial charge in [0.1, 0.15) is 16.9 Å². The van der Waals surface area contributed by atoms with Crippen LogP contribution in [-0.2, 0) is 16.8 Å². The second-order valence-electron chi connectivity index (χ2n) is 6.77. The van der Waals surface area contributed by atoms with Gasteiger partial charge in [0.05, 0.1) is 25.4 Å². The van der Waals surface area contributed by atoms with Gasteiger partial charge in [-0.15, -0.1) is 0 Å². The molecular weight excluding hydrogens is 320 g/mol. The Morgan fingerprint density at radius 3 is 3.04 bits per heavy atom. The van der Waals surface area contributed by atoms with E-state index in [-0.39, 0.29) is 18.9 Å². The summed E-state index contributed by atoms with van der Waals surface area (Å²) >= 11 is 0. The highest BCUT2D eigenvalue weighted by Crippen LogP contribution is 2.31. The first kappa shape index (κ1) is 15.8. The van der Waals surface area contributed by atoms with Crippen molar-refractivity contribution in [2.45, 2.75) is 32.3 Å². The lowest BCUT2D eigenvalue weighted by Gasteiger charge is -2.21. The molecule has 7 nitrogen and oxygen atoms in total. The normalized spacial score (nSPS) is 20.5. The zero-order valence-electron chi connectivity index (χ0n) is 14.2. The molecule has 0 aliphatic carbocycles. The average molecular weight is 340 g/mol. The van der Waals surface area contributed by atoms with Gasteiger partial charge in [-0.1, -0.05) is 12.1 Å². The lowest BCUT2D eigenvalue weighted by Crippen LogP contribution is -2.35. The van der Waals surface area contributed by atoms with Crippen LogP contribution in [-0.4, -0.2) is 44.4 Å². The number of β-amino-alcohol motifs (C(OH)–C–C–N with tert-alkyl or cyclic N) is 1. The Kier molecular flexibility index (Phi) is 3.61. The smallest absolute Gasteiger partial charge is 0.227 e. The number of furan rings is 1. The van der Waals surface area contributed by atoms with E-state index in [1.165, 1.54) is 6.20 Å². The van der Waals surface area contributed by atoms with E-state index in [0.29, 0.717) is 18.7 Å². The number of carbonyl (C=O) groups is 1. The highest BCUT2D eigenvalue weighted by atomic mass is 16.3. The second-order valence-corrected chi connectivity index (χ2v) is 6.77. The summed E-state index contributed by atoms with van der Waals surface area (Å²) in [5.41, 5.74) is 3.31. The van der Waals surface area contributed by atoms with E-state index in [0.717, 1.165) is 27.7 Å². The van der Waals surface area contributed by atoms with Gasteiger partial charge in [-0.2, -0.15) is 15.4 Å². The zero-order chi connectivity index (χ0) is 17.6. The topological polar surface area (TPSA) is 95.2 Å². The average Bonchev–Trinajstić information content (AvgIpc) is 3.31. The van der Waals surface area contributed by atoms with Gasteiger partial charge in [-0.05, 0) is 25.0 Å². The lowest BCUT2D eigenvalue weighted by molar-refractivity contribution is -0.130. The minimum atomic E-state index is -1.13. The summed E-state index contributed by atoms with van der Waals surface area (Å²) in [7, 11) is 0. The molecule has 1 aliphatic heterocycles. The van der Waals surface area contributed by atoms with E-state index in [2.05, 4.69) is 15.4 Å². The van der Waals surface area contributed by atoms with E-state index >= 15 is 0 Å². The van der Waals surface area contributed by atoms with Crippen molar-refractivity contribution in [3.05, 3.63) is 47.0 Å². The number of H-pyrrole nitrogens is 1. The summed E-state index contributed by atoms with van der Waals surface area (Å²) in [5.74, 6) is -0.0275. The molecule has 0 radical (unpaired) electrons. The van der Waals surface area contributed by atoms with Crippen LogP contribution in [0.4, 0.5) is 0 Å². The van der Waals surface area contributed by atoms with Gasteiger partial charge < -0.3 is 14.4 Å². The predicted molar refractivity (Wildman–Crippen MR) is 90.9 cm³/mol. The maximum absolute atomic E-state index is 12.7. The number of hydrogen-bond acceptors (Lipinski definition) is 5. The van der Waals surface area contributed by atoms with Gasteiger partial charge in [-0.25, -0.2) is 0 Å². The Morgan fingerprint density at radius 2 is 2.28 bits per heavy atom. The standard InChI is InChI=1S/C18H20N4O3/c1-11-3-4-14-13(9-25-17(14)12(11)2)7-16(23)22-6-5-18(24,10-22)15-8-19-21-20-15/h3-4,8-9,24H,5-7,10H2,1-2H3,(H,19,20,21). The van der Waals surface area contributed by atoms with E-state index in [1.54, 1.807) is 11.2 Å². The van der Waals surface area contributed by atoms with Crippen molar-refractivity contribution in [2.24, 2.45) is 0 Å². The molecule has 2 N–H and O–H groups in total. The molecule has 4 rings (SSSR count). The van der Waals surface area contributed by atoms with Crippen molar-refractivity contribution >= 4 is 16.9 Å². The van der Waals surface area contributed by atoms with Gasteiger partial charge in [-0.3, -0.25) is 4.79 Å². The van der Waals surface area contributed by atoms with Crippen molar-refractivity contribution in [1.29, 1.82) is 0 Å². The van der Waals surface area contributed by atoms with Crippen molar-refractivity contribution < 1.29 is 14.3 Å². The number of hydrogen-bond donors (Lipinski definition) is 2. The molecule has 7 heteroatoms. The monoisotopic (exact) mass is 340 g/mol. The minimum absolute atomic E-state index is 0.0275. The summed E-state index contributed by atoms with van der Waals surface area (Å²) in [6.07, 6.45) is 3.87. The number of aliphatic hydroxyl groups is 1. The SMILES string of the molecule is Cc1ccc2c(CC(=O)N3CCC(O)(c4cn[nH]n4)C3)coc2c1C. The molecule has 0 spiro atoms. The summed E-state index contributed by atoms with van der Waals surface area (Å²) in [5, 5.41) is 21.9. The fourth-order valence-electron chi connectivity index (χ4n) is 3.44. The molecule has 1 aromatic carbocycles. The Balaban J connectivity index is 1.53. The molecule has 3 aromatic rings. The van der Waals surface area contributed by atoms with Gasteiger partial charge in [0, 0.05) is 23.9 Å². The fraction of sp³-hybridized carbons (Fsp3) is 0.389. The molecule has 130 valence electrons. The van der Waals surface area contributed by atoms with Crippen LogP contribution in [0.5, 0.6) is 0 Å². The maximum atomic E-state index is 12.7. The van der Waals surface area contributed by atoms with Crippen LogP contribution in [0.3, 0.4) is 0 Å². The number of aromatic amines is 1. The summed E-state index contributed by atoms with van der Waals surface area (Å²) in [6.45, 7) is 4.78. The molecule has 2 aromatic heterocycles. The molecule has 25 heavy (non-hydrogen) atoms. The number of benzene rings is 1. The number of carbonyl (C=O) groups excluding carboxylic acids is 1. The van der Waals surface area contributed by atoms with Gasteiger partial charge in [0.25, 0.3) is 0 Å². The molecule has 1 unspecified atom stereocenters. The Hall–Kier alpha value is -2.67. The Labute approximate surface area is 144 Å². The first-order chi connectivity index (χ1) is 12.0. The first-order valence-electron chi connectivity index (χ1n) is 8.30. The third-order valence-corrected chi connectivity index (χ3v) is 5.18. The largest absolute Gasteiger partial charge is 0.464 e. The van der Waals surface area contributed by atoms with Crippen LogP contribution in [0, 0.1) is 13.8 Å². The Morgan fingerprint density at radius 1 is 1.44 bits per heavy atom. The number of rotatable bonds is 3. The molecule has 0 saturated carbocycles. The van der Waals surface area contributed by atoms with Crippen molar-refractivity contribution in [3.8, 4) is 0 Å². The van der Waals surface area contributed by atoms with Crippen molar-refractivity contribution in [3.63, 3.8) is 0 Å². The molecule has 1 aliphatic rings. The van der Waals surface area contributed by atoms with E-state index in [4.69, 9.17) is 4.42 Å². The van der Waals surface area contributed by atoms with Crippen LogP contribution in [0.1, 0.15) is 28.8 Å². The lowest BCUT2D eigenvalue weighted by atomic mass is 10.00. The highest BCUT2D eigenvalue weighted by molar-refractivity contribution is 5.89.